The topological polar surface area (TPSA) is 96.8 Å². The summed E-state index contributed by atoms with van der Waals surface area (Å²) >= 11 is 0. The van der Waals surface area contributed by atoms with Crippen LogP contribution in [0.4, 0.5) is 5.69 Å². The van der Waals surface area contributed by atoms with Crippen LogP contribution in [0.2, 0.25) is 0 Å². The van der Waals surface area contributed by atoms with E-state index in [0.717, 1.165) is 93.6 Å². The molecule has 2 fully saturated rings. The number of hydrogen-bond donors (Lipinski definition) is 1. The van der Waals surface area contributed by atoms with E-state index in [0.29, 0.717) is 36.3 Å². The zero-order valence-corrected chi connectivity index (χ0v) is 33.4. The average Bonchev–Trinajstić information content (AvgIpc) is 3.87. The number of piperidine rings is 2. The quantitative estimate of drug-likeness (QED) is 0.101. The second-order valence-electron chi connectivity index (χ2n) is 16.7. The van der Waals surface area contributed by atoms with Gasteiger partial charge >= 0.3 is 0 Å². The van der Waals surface area contributed by atoms with Crippen LogP contribution in [0.1, 0.15) is 108 Å². The highest BCUT2D eigenvalue weighted by Crippen LogP contribution is 2.47. The van der Waals surface area contributed by atoms with Crippen LogP contribution in [0.3, 0.4) is 0 Å². The predicted molar refractivity (Wildman–Crippen MR) is 226 cm³/mol. The average molecular weight is 776 g/mol. The van der Waals surface area contributed by atoms with Gasteiger partial charge in [0.25, 0.3) is 5.91 Å². The Kier molecular flexibility index (Phi) is 10.9. The number of nitrogens with one attached hydrogen (secondary N) is 1. The summed E-state index contributed by atoms with van der Waals surface area (Å²) in [6.45, 7) is 6.31. The fourth-order valence-corrected chi connectivity index (χ4v) is 9.77. The van der Waals surface area contributed by atoms with Gasteiger partial charge in [0.05, 0.1) is 12.8 Å². The van der Waals surface area contributed by atoms with E-state index < -0.39 is 6.04 Å². The van der Waals surface area contributed by atoms with Crippen molar-refractivity contribution in [1.29, 1.82) is 0 Å². The molecule has 1 aliphatic carbocycles. The molecule has 298 valence electrons. The van der Waals surface area contributed by atoms with Gasteiger partial charge in [0.15, 0.2) is 0 Å². The fourth-order valence-electron chi connectivity index (χ4n) is 9.77. The Morgan fingerprint density at radius 1 is 0.810 bits per heavy atom. The van der Waals surface area contributed by atoms with Gasteiger partial charge in [-0.1, -0.05) is 67.9 Å². The Hall–Kier alpha value is -5.70. The molecule has 9 rings (SSSR count). The summed E-state index contributed by atoms with van der Waals surface area (Å²) in [7, 11) is 0. The second kappa shape index (κ2) is 16.6. The van der Waals surface area contributed by atoms with Crippen molar-refractivity contribution in [3.63, 3.8) is 0 Å². The van der Waals surface area contributed by atoms with Gasteiger partial charge in [0.2, 0.25) is 11.8 Å². The summed E-state index contributed by atoms with van der Waals surface area (Å²) in [6, 6.07) is 32.6. The third-order valence-electron chi connectivity index (χ3n) is 13.1. The molecule has 4 aromatic carbocycles. The monoisotopic (exact) mass is 775 g/mol. The first-order valence-electron chi connectivity index (χ1n) is 21.4. The Bertz CT molecular complexity index is 2280. The van der Waals surface area contributed by atoms with E-state index in [1.165, 1.54) is 27.9 Å². The molecule has 5 aromatic rings. The van der Waals surface area contributed by atoms with E-state index in [9.17, 15) is 14.4 Å². The summed E-state index contributed by atoms with van der Waals surface area (Å²) < 4.78 is 8.16. The first-order valence-corrected chi connectivity index (χ1v) is 21.4. The van der Waals surface area contributed by atoms with E-state index >= 15 is 0 Å². The largest absolute Gasteiger partial charge is 0.494 e. The van der Waals surface area contributed by atoms with Crippen molar-refractivity contribution in [2.75, 3.05) is 24.6 Å². The van der Waals surface area contributed by atoms with Gasteiger partial charge in [-0.2, -0.15) is 5.10 Å². The summed E-state index contributed by atoms with van der Waals surface area (Å²) in [6.07, 6.45) is 12.4. The fraction of sp³-hybridized carbons (Fsp3) is 0.388. The molecule has 0 radical (unpaired) electrons. The molecule has 4 aliphatic rings. The number of fused-ring (bicyclic) bond motifs is 2. The first-order chi connectivity index (χ1) is 28.4. The lowest BCUT2D eigenvalue weighted by Gasteiger charge is -2.36. The lowest BCUT2D eigenvalue weighted by Crippen LogP contribution is -2.52. The highest BCUT2D eigenvalue weighted by molar-refractivity contribution is 6.05. The number of benzene rings is 4. The number of anilines is 1. The molecule has 9 nitrogen and oxygen atoms in total. The first kappa shape index (κ1) is 37.9. The molecule has 1 N–H and O–H groups in total. The maximum absolute atomic E-state index is 13.2. The minimum Gasteiger partial charge on any atom is -0.494 e. The highest BCUT2D eigenvalue weighted by atomic mass is 16.5. The normalized spacial score (nSPS) is 20.8. The maximum Gasteiger partial charge on any atom is 0.255 e. The lowest BCUT2D eigenvalue weighted by atomic mass is 9.69. The van der Waals surface area contributed by atoms with Crippen LogP contribution < -0.4 is 15.0 Å². The Morgan fingerprint density at radius 2 is 1.64 bits per heavy atom. The molecule has 4 heterocycles. The number of ether oxygens (including phenoxy) is 1. The van der Waals surface area contributed by atoms with Crippen molar-refractivity contribution in [2.24, 2.45) is 5.92 Å². The van der Waals surface area contributed by atoms with Crippen molar-refractivity contribution in [2.45, 2.75) is 95.7 Å². The van der Waals surface area contributed by atoms with Gasteiger partial charge in [-0.05, 0) is 127 Å². The number of imide groups is 1. The smallest absolute Gasteiger partial charge is 0.255 e. The molecule has 3 amide bonds. The molecule has 3 aliphatic heterocycles. The van der Waals surface area contributed by atoms with E-state index in [1.807, 2.05) is 29.1 Å². The Labute approximate surface area is 341 Å². The predicted octanol–water partition coefficient (Wildman–Crippen LogP) is 8.66. The van der Waals surface area contributed by atoms with Crippen LogP contribution in [-0.4, -0.2) is 58.1 Å². The standard InChI is InChI=1S/C49H53N5O4/c1-2-3-27-58-41-15-18-43-37(29-41)12-16-42(34-7-5-4-6-8-34)47(43)35-9-13-40(14-10-35)52-24-21-33(22-25-52)23-26-53-31-39(30-50-53)36-11-17-44-38(28-36)32-54(49(44)57)45-19-20-46(55)51-48(45)56/h4-11,13-15,17-18,28-31,33,42,45,47H,2-3,12,16,19-27,32H2,1H3,(H,51,55,56)/t42-,45?,47+/m1/s1. The summed E-state index contributed by atoms with van der Waals surface area (Å²) in [4.78, 5) is 41.4. The van der Waals surface area contributed by atoms with Gasteiger partial charge in [0, 0.05) is 61.5 Å². The molecule has 2 saturated heterocycles. The van der Waals surface area contributed by atoms with E-state index in [1.54, 1.807) is 4.90 Å². The summed E-state index contributed by atoms with van der Waals surface area (Å²) in [5, 5.41) is 7.07. The number of nitrogens with zero attached hydrogens (tertiary/aromatic N) is 4. The molecule has 0 bridgehead atoms. The highest BCUT2D eigenvalue weighted by Gasteiger charge is 2.39. The van der Waals surface area contributed by atoms with Crippen molar-refractivity contribution < 1.29 is 19.1 Å². The van der Waals surface area contributed by atoms with Crippen LogP contribution in [0.25, 0.3) is 11.1 Å². The van der Waals surface area contributed by atoms with Gasteiger partial charge in [-0.25, -0.2) is 0 Å². The summed E-state index contributed by atoms with van der Waals surface area (Å²) in [5.74, 6) is 1.56. The van der Waals surface area contributed by atoms with E-state index in [-0.39, 0.29) is 24.1 Å². The second-order valence-corrected chi connectivity index (χ2v) is 16.7. The number of hydrogen-bond acceptors (Lipinski definition) is 6. The minimum atomic E-state index is -0.611. The number of carbonyl (C=O) groups excluding carboxylic acids is 3. The molecule has 1 unspecified atom stereocenters. The zero-order chi connectivity index (χ0) is 39.6. The Morgan fingerprint density at radius 3 is 2.43 bits per heavy atom. The minimum absolute atomic E-state index is 0.153. The maximum atomic E-state index is 13.2. The number of rotatable bonds is 12. The number of carbonyl (C=O) groups is 3. The molecule has 3 atom stereocenters. The summed E-state index contributed by atoms with van der Waals surface area (Å²) in [5.41, 5.74) is 10.5. The van der Waals surface area contributed by atoms with Crippen molar-refractivity contribution >= 4 is 23.4 Å². The lowest BCUT2D eigenvalue weighted by molar-refractivity contribution is -0.136. The van der Waals surface area contributed by atoms with Crippen molar-refractivity contribution in [3.05, 3.63) is 137 Å². The Balaban J connectivity index is 0.805. The van der Waals surface area contributed by atoms with Gasteiger partial charge in [0.1, 0.15) is 11.8 Å². The van der Waals surface area contributed by atoms with E-state index in [2.05, 4.69) is 96.1 Å². The molecule has 58 heavy (non-hydrogen) atoms. The molecular formula is C49H53N5O4. The molecule has 1 aromatic heterocycles. The van der Waals surface area contributed by atoms with E-state index in [4.69, 9.17) is 9.84 Å². The van der Waals surface area contributed by atoms with Crippen LogP contribution in [-0.2, 0) is 29.1 Å². The number of aromatic nitrogens is 2. The molecule has 0 spiro atoms. The van der Waals surface area contributed by atoms with Crippen LogP contribution >= 0.6 is 0 Å². The number of aryl methyl sites for hydroxylation is 2. The van der Waals surface area contributed by atoms with Gasteiger partial charge in [-0.15, -0.1) is 0 Å². The van der Waals surface area contributed by atoms with Crippen molar-refractivity contribution in [3.8, 4) is 16.9 Å². The molecule has 9 heteroatoms. The third kappa shape index (κ3) is 7.79. The van der Waals surface area contributed by atoms with Gasteiger partial charge < -0.3 is 14.5 Å². The number of unbranched alkanes of at least 4 members (excludes halogenated alkanes) is 1. The number of amides is 3. The van der Waals surface area contributed by atoms with Crippen molar-refractivity contribution in [1.82, 2.24) is 20.0 Å². The van der Waals surface area contributed by atoms with Crippen LogP contribution in [0.15, 0.2) is 103 Å². The SMILES string of the molecule is CCCCOc1ccc2c(c1)CC[C@H](c1ccccc1)[C@@H]2c1ccc(N2CCC(CCn3cc(-c4ccc5c(c4)CN(C4CCC(=O)NC4=O)C5=O)cn3)CC2)cc1. The molecule has 0 saturated carbocycles. The van der Waals surface area contributed by atoms with Crippen LogP contribution in [0.5, 0.6) is 5.75 Å². The zero-order valence-electron chi connectivity index (χ0n) is 33.4. The molecular weight excluding hydrogens is 723 g/mol. The third-order valence-corrected chi connectivity index (χ3v) is 13.1. The van der Waals surface area contributed by atoms with Gasteiger partial charge in [-0.3, -0.25) is 24.4 Å². The van der Waals surface area contributed by atoms with Crippen LogP contribution in [0, 0.1) is 5.92 Å².